The zero-order valence-electron chi connectivity index (χ0n) is 16.6. The average molecular weight is 397 g/mol. The van der Waals surface area contributed by atoms with E-state index in [0.29, 0.717) is 18.8 Å². The van der Waals surface area contributed by atoms with E-state index >= 15 is 0 Å². The predicted octanol–water partition coefficient (Wildman–Crippen LogP) is 2.76. The molecule has 3 amide bonds. The number of rotatable bonds is 4. The van der Waals surface area contributed by atoms with Gasteiger partial charge in [0.05, 0.1) is 14.2 Å². The van der Waals surface area contributed by atoms with Gasteiger partial charge in [0.1, 0.15) is 0 Å². The number of phenols is 1. The minimum Gasteiger partial charge on any atom is -0.502 e. The minimum absolute atomic E-state index is 0.0587. The first-order valence-electron chi connectivity index (χ1n) is 9.34. The lowest BCUT2D eigenvalue weighted by atomic mass is 9.84. The summed E-state index contributed by atoms with van der Waals surface area (Å²) < 4.78 is 10.5. The second-order valence-corrected chi connectivity index (χ2v) is 7.21. The molecule has 2 aromatic rings. The molecule has 1 unspecified atom stereocenters. The van der Waals surface area contributed by atoms with Crippen LogP contribution in [0.5, 0.6) is 17.2 Å². The largest absolute Gasteiger partial charge is 0.502 e. The number of phenolic OH excluding ortho intramolecular Hbond substituents is 1. The number of methoxy groups -OCH3 is 2. The molecule has 2 aromatic carbocycles. The van der Waals surface area contributed by atoms with Crippen molar-refractivity contribution >= 4 is 23.3 Å². The monoisotopic (exact) mass is 397 g/mol. The normalized spacial score (nSPS) is 18.5. The number of nitrogens with one attached hydrogen (secondary N) is 1. The minimum atomic E-state index is -0.229. The van der Waals surface area contributed by atoms with Gasteiger partial charge in [-0.2, -0.15) is 0 Å². The number of ether oxygens (including phenoxy) is 2. The third kappa shape index (κ3) is 3.20. The average Bonchev–Trinajstić information content (AvgIpc) is 3.05. The number of urea groups is 1. The van der Waals surface area contributed by atoms with Crippen molar-refractivity contribution in [3.05, 3.63) is 41.5 Å². The Morgan fingerprint density at radius 2 is 1.76 bits per heavy atom. The quantitative estimate of drug-likeness (QED) is 0.828. The van der Waals surface area contributed by atoms with Gasteiger partial charge in [-0.3, -0.25) is 9.69 Å². The van der Waals surface area contributed by atoms with Crippen LogP contribution in [0.1, 0.15) is 23.5 Å². The summed E-state index contributed by atoms with van der Waals surface area (Å²) in [7, 11) is 4.70. The van der Waals surface area contributed by atoms with Gasteiger partial charge in [-0.05, 0) is 35.4 Å². The molecule has 1 fully saturated rings. The van der Waals surface area contributed by atoms with Gasteiger partial charge in [0.15, 0.2) is 11.5 Å². The van der Waals surface area contributed by atoms with Crippen molar-refractivity contribution < 1.29 is 24.2 Å². The van der Waals surface area contributed by atoms with Crippen LogP contribution >= 0.6 is 0 Å². The number of hydrogen-bond donors (Lipinski definition) is 2. The molecular weight excluding hydrogens is 374 g/mol. The Hall–Kier alpha value is -3.42. The van der Waals surface area contributed by atoms with Gasteiger partial charge in [-0.15, -0.1) is 0 Å². The van der Waals surface area contributed by atoms with Gasteiger partial charge in [0.25, 0.3) is 0 Å². The Morgan fingerprint density at radius 1 is 1.07 bits per heavy atom. The molecule has 1 saturated heterocycles. The number of aromatic hydroxyl groups is 1. The summed E-state index contributed by atoms with van der Waals surface area (Å²) in [4.78, 5) is 28.1. The topological polar surface area (TPSA) is 91.3 Å². The Balaban J connectivity index is 1.76. The fourth-order valence-electron chi connectivity index (χ4n) is 3.92. The molecule has 0 bridgehead atoms. The van der Waals surface area contributed by atoms with Crippen molar-refractivity contribution in [3.8, 4) is 17.2 Å². The maximum Gasteiger partial charge on any atom is 0.324 e. The predicted molar refractivity (Wildman–Crippen MR) is 108 cm³/mol. The number of nitrogens with zero attached hydrogens (tertiary/aromatic N) is 2. The fourth-order valence-corrected chi connectivity index (χ4v) is 3.92. The second-order valence-electron chi connectivity index (χ2n) is 7.21. The van der Waals surface area contributed by atoms with E-state index in [1.54, 1.807) is 29.0 Å². The van der Waals surface area contributed by atoms with Crippen LogP contribution in [-0.4, -0.2) is 56.3 Å². The van der Waals surface area contributed by atoms with E-state index in [1.807, 2.05) is 18.2 Å². The number of fused-ring (bicyclic) bond motifs is 1. The highest BCUT2D eigenvalue weighted by Crippen LogP contribution is 2.44. The number of amides is 3. The van der Waals surface area contributed by atoms with E-state index in [4.69, 9.17) is 9.47 Å². The summed E-state index contributed by atoms with van der Waals surface area (Å²) in [5.41, 5.74) is 3.16. The van der Waals surface area contributed by atoms with Crippen molar-refractivity contribution in [1.82, 2.24) is 4.90 Å². The van der Waals surface area contributed by atoms with E-state index in [9.17, 15) is 14.7 Å². The SMILES string of the molecule is COc1cc(C2CC(=O)Nc3cc(N4CCN(C)C4=O)ccc32)cc(OC)c1O. The summed E-state index contributed by atoms with van der Waals surface area (Å²) in [6, 6.07) is 9.05. The molecule has 8 heteroatoms. The highest BCUT2D eigenvalue weighted by atomic mass is 16.5. The van der Waals surface area contributed by atoms with Crippen molar-refractivity contribution in [2.75, 3.05) is 44.6 Å². The van der Waals surface area contributed by atoms with Gasteiger partial charge in [0.2, 0.25) is 11.7 Å². The lowest BCUT2D eigenvalue weighted by Crippen LogP contribution is -2.30. The lowest BCUT2D eigenvalue weighted by molar-refractivity contribution is -0.116. The third-order valence-corrected chi connectivity index (χ3v) is 5.51. The fraction of sp³-hybridized carbons (Fsp3) is 0.333. The number of anilines is 2. The Morgan fingerprint density at radius 3 is 2.34 bits per heavy atom. The molecule has 0 aromatic heterocycles. The maximum atomic E-state index is 12.4. The first kappa shape index (κ1) is 18.9. The van der Waals surface area contributed by atoms with E-state index in [0.717, 1.165) is 16.8 Å². The number of benzene rings is 2. The summed E-state index contributed by atoms with van der Waals surface area (Å²) in [6.45, 7) is 1.27. The summed E-state index contributed by atoms with van der Waals surface area (Å²) in [6.07, 6.45) is 0.259. The molecule has 4 rings (SSSR count). The maximum absolute atomic E-state index is 12.4. The molecule has 0 spiro atoms. The van der Waals surface area contributed by atoms with E-state index in [2.05, 4.69) is 5.32 Å². The van der Waals surface area contributed by atoms with Crippen LogP contribution in [0.15, 0.2) is 30.3 Å². The van der Waals surface area contributed by atoms with E-state index in [-0.39, 0.29) is 41.5 Å². The van der Waals surface area contributed by atoms with Crippen LogP contribution in [0, 0.1) is 0 Å². The summed E-state index contributed by atoms with van der Waals surface area (Å²) in [5, 5.41) is 13.1. The van der Waals surface area contributed by atoms with E-state index < -0.39 is 0 Å². The van der Waals surface area contributed by atoms with Crippen LogP contribution in [0.4, 0.5) is 16.2 Å². The molecule has 29 heavy (non-hydrogen) atoms. The van der Waals surface area contributed by atoms with Gasteiger partial charge in [-0.25, -0.2) is 4.79 Å². The molecule has 0 saturated carbocycles. The smallest absolute Gasteiger partial charge is 0.324 e. The Bertz CT molecular complexity index is 965. The standard InChI is InChI=1S/C21H23N3O5/c1-23-6-7-24(21(23)27)13-4-5-14-15(11-19(25)22-16(14)10-13)12-8-17(28-2)20(26)18(9-12)29-3/h4-5,8-10,15,26H,6-7,11H2,1-3H3,(H,22,25). The molecule has 8 nitrogen and oxygen atoms in total. The number of likely N-dealkylation sites (N-methyl/N-ethyl adjacent to an activating group) is 1. The molecule has 2 N–H and O–H groups in total. The zero-order chi connectivity index (χ0) is 20.7. The second kappa shape index (κ2) is 7.20. The molecular formula is C21H23N3O5. The number of carbonyl (C=O) groups is 2. The van der Waals surface area contributed by atoms with Crippen molar-refractivity contribution in [1.29, 1.82) is 0 Å². The van der Waals surface area contributed by atoms with Gasteiger partial charge in [-0.1, -0.05) is 6.07 Å². The first-order chi connectivity index (χ1) is 13.9. The van der Waals surface area contributed by atoms with Crippen LogP contribution < -0.4 is 19.7 Å². The molecule has 0 radical (unpaired) electrons. The first-order valence-corrected chi connectivity index (χ1v) is 9.34. The molecule has 2 aliphatic rings. The third-order valence-electron chi connectivity index (χ3n) is 5.51. The Kier molecular flexibility index (Phi) is 4.70. The molecule has 1 atom stereocenters. The van der Waals surface area contributed by atoms with E-state index in [1.165, 1.54) is 14.2 Å². The number of carbonyl (C=O) groups excluding carboxylic acids is 2. The van der Waals surface area contributed by atoms with Crippen molar-refractivity contribution in [3.63, 3.8) is 0 Å². The van der Waals surface area contributed by atoms with Gasteiger partial charge in [0, 0.05) is 43.9 Å². The van der Waals surface area contributed by atoms with Crippen LogP contribution in [0.25, 0.3) is 0 Å². The highest BCUT2D eigenvalue weighted by molar-refractivity contribution is 5.98. The van der Waals surface area contributed by atoms with Gasteiger partial charge >= 0.3 is 6.03 Å². The summed E-state index contributed by atoms with van der Waals surface area (Å²) >= 11 is 0. The van der Waals surface area contributed by atoms with Gasteiger partial charge < -0.3 is 24.8 Å². The molecule has 2 heterocycles. The Labute approximate surface area is 168 Å². The van der Waals surface area contributed by atoms with Crippen LogP contribution in [0.2, 0.25) is 0 Å². The molecule has 152 valence electrons. The lowest BCUT2D eigenvalue weighted by Gasteiger charge is -2.28. The summed E-state index contributed by atoms with van der Waals surface area (Å²) in [5.74, 6) is 0.151. The number of hydrogen-bond acceptors (Lipinski definition) is 5. The van der Waals surface area contributed by atoms with Crippen LogP contribution in [-0.2, 0) is 4.79 Å². The molecule has 0 aliphatic carbocycles. The van der Waals surface area contributed by atoms with Crippen molar-refractivity contribution in [2.24, 2.45) is 0 Å². The van der Waals surface area contributed by atoms with Crippen molar-refractivity contribution in [2.45, 2.75) is 12.3 Å². The highest BCUT2D eigenvalue weighted by Gasteiger charge is 2.31. The molecule has 2 aliphatic heterocycles. The van der Waals surface area contributed by atoms with Crippen LogP contribution in [0.3, 0.4) is 0 Å². The zero-order valence-corrected chi connectivity index (χ0v) is 16.6.